The highest BCUT2D eigenvalue weighted by atomic mass is 16.3. The maximum atomic E-state index is 9.51. The Labute approximate surface area is 136 Å². The summed E-state index contributed by atoms with van der Waals surface area (Å²) in [5, 5.41) is 28.1. The van der Waals surface area contributed by atoms with Gasteiger partial charge in [0, 0.05) is 19.3 Å². The molecule has 2 rings (SSSR count). The van der Waals surface area contributed by atoms with E-state index in [1.807, 2.05) is 25.2 Å². The van der Waals surface area contributed by atoms with Gasteiger partial charge in [0.15, 0.2) is 11.5 Å². The lowest BCUT2D eigenvalue weighted by molar-refractivity contribution is 0.400. The molecule has 0 spiro atoms. The van der Waals surface area contributed by atoms with Gasteiger partial charge in [-0.05, 0) is 55.2 Å². The third kappa shape index (κ3) is 4.95. The number of phenols is 3. The molecule has 0 aliphatic rings. The van der Waals surface area contributed by atoms with Gasteiger partial charge in [-0.15, -0.1) is 0 Å². The quantitative estimate of drug-likeness (QED) is 0.715. The number of aromatic hydroxyl groups is 3. The Hall–Kier alpha value is -2.62. The second kappa shape index (κ2) is 7.58. The number of hydrogen-bond acceptors (Lipinski definition) is 4. The van der Waals surface area contributed by atoms with Crippen molar-refractivity contribution in [3.8, 4) is 17.2 Å². The van der Waals surface area contributed by atoms with Crippen molar-refractivity contribution in [3.63, 3.8) is 0 Å². The minimum Gasteiger partial charge on any atom is -0.508 e. The van der Waals surface area contributed by atoms with E-state index < -0.39 is 0 Å². The molecule has 3 N–H and O–H groups in total. The number of benzene rings is 2. The lowest BCUT2D eigenvalue weighted by Gasteiger charge is -2.20. The Morgan fingerprint density at radius 3 is 2.26 bits per heavy atom. The zero-order valence-corrected chi connectivity index (χ0v) is 13.5. The topological polar surface area (TPSA) is 63.9 Å². The summed E-state index contributed by atoms with van der Waals surface area (Å²) in [4.78, 5) is 2.16. The van der Waals surface area contributed by atoms with Crippen LogP contribution in [0.5, 0.6) is 17.2 Å². The van der Waals surface area contributed by atoms with E-state index in [0.717, 1.165) is 30.5 Å². The molecule has 2 aromatic rings. The van der Waals surface area contributed by atoms with E-state index >= 15 is 0 Å². The predicted molar refractivity (Wildman–Crippen MR) is 91.7 cm³/mol. The molecule has 0 heterocycles. The Kier molecular flexibility index (Phi) is 5.52. The molecule has 0 saturated heterocycles. The first-order chi connectivity index (χ1) is 11.0. The van der Waals surface area contributed by atoms with Crippen LogP contribution in [-0.2, 0) is 12.8 Å². The molecule has 0 bridgehead atoms. The van der Waals surface area contributed by atoms with E-state index in [1.54, 1.807) is 18.2 Å². The van der Waals surface area contributed by atoms with Crippen LogP contribution in [0, 0.1) is 0 Å². The number of allylic oxidation sites excluding steroid dienone is 2. The predicted octanol–water partition coefficient (Wildman–Crippen LogP) is 3.42. The van der Waals surface area contributed by atoms with Crippen LogP contribution in [0.3, 0.4) is 0 Å². The number of likely N-dealkylation sites (N-methyl/N-ethyl adjacent to an activating group) is 1. The summed E-state index contributed by atoms with van der Waals surface area (Å²) in [6.07, 6.45) is 3.76. The first-order valence-corrected chi connectivity index (χ1v) is 7.62. The number of phenolic OH excluding ortho intramolecular Hbond substituents is 3. The fourth-order valence-electron chi connectivity index (χ4n) is 2.25. The average molecular weight is 313 g/mol. The van der Waals surface area contributed by atoms with Gasteiger partial charge in [0.1, 0.15) is 5.75 Å². The van der Waals surface area contributed by atoms with E-state index in [-0.39, 0.29) is 17.2 Å². The third-order valence-corrected chi connectivity index (χ3v) is 3.95. The van der Waals surface area contributed by atoms with Crippen molar-refractivity contribution >= 4 is 0 Å². The SMILES string of the molecule is C/C(=C\Cc1ccc(O)cc1)N(C)CCc1ccc(O)c(O)c1. The maximum Gasteiger partial charge on any atom is 0.157 e. The van der Waals surface area contributed by atoms with Crippen LogP contribution < -0.4 is 0 Å². The minimum atomic E-state index is -0.0907. The Morgan fingerprint density at radius 1 is 0.957 bits per heavy atom. The Balaban J connectivity index is 1.88. The highest BCUT2D eigenvalue weighted by molar-refractivity contribution is 5.40. The monoisotopic (exact) mass is 313 g/mol. The van der Waals surface area contributed by atoms with Gasteiger partial charge in [0.25, 0.3) is 0 Å². The molecule has 0 aliphatic carbocycles. The average Bonchev–Trinajstić information content (AvgIpc) is 2.54. The lowest BCUT2D eigenvalue weighted by atomic mass is 10.1. The summed E-state index contributed by atoms with van der Waals surface area (Å²) in [5.41, 5.74) is 3.30. The molecule has 4 heteroatoms. The molecule has 2 aromatic carbocycles. The van der Waals surface area contributed by atoms with Crippen LogP contribution in [0.2, 0.25) is 0 Å². The van der Waals surface area contributed by atoms with Crippen LogP contribution in [0.15, 0.2) is 54.2 Å². The highest BCUT2D eigenvalue weighted by Crippen LogP contribution is 2.25. The molecular formula is C19H23NO3. The molecule has 0 saturated carbocycles. The van der Waals surface area contributed by atoms with Crippen LogP contribution in [0.25, 0.3) is 0 Å². The van der Waals surface area contributed by atoms with Gasteiger partial charge >= 0.3 is 0 Å². The van der Waals surface area contributed by atoms with Crippen molar-refractivity contribution in [2.24, 2.45) is 0 Å². The van der Waals surface area contributed by atoms with Gasteiger partial charge < -0.3 is 20.2 Å². The smallest absolute Gasteiger partial charge is 0.157 e. The molecule has 23 heavy (non-hydrogen) atoms. The fourth-order valence-corrected chi connectivity index (χ4v) is 2.25. The van der Waals surface area contributed by atoms with Gasteiger partial charge in [-0.3, -0.25) is 0 Å². The lowest BCUT2D eigenvalue weighted by Crippen LogP contribution is -2.19. The van der Waals surface area contributed by atoms with Crippen LogP contribution in [0.4, 0.5) is 0 Å². The van der Waals surface area contributed by atoms with Gasteiger partial charge in [0.05, 0.1) is 0 Å². The summed E-state index contributed by atoms with van der Waals surface area (Å²) >= 11 is 0. The first-order valence-electron chi connectivity index (χ1n) is 7.62. The summed E-state index contributed by atoms with van der Waals surface area (Å²) in [6, 6.07) is 12.1. The Morgan fingerprint density at radius 2 is 1.61 bits per heavy atom. The summed E-state index contributed by atoms with van der Waals surface area (Å²) < 4.78 is 0. The van der Waals surface area contributed by atoms with Crippen molar-refractivity contribution in [1.82, 2.24) is 4.90 Å². The van der Waals surface area contributed by atoms with Crippen molar-refractivity contribution in [3.05, 3.63) is 65.4 Å². The molecule has 122 valence electrons. The minimum absolute atomic E-state index is 0.0789. The molecule has 0 fully saturated rings. The second-order valence-electron chi connectivity index (χ2n) is 5.71. The Bertz CT molecular complexity index is 678. The maximum absolute atomic E-state index is 9.51. The van der Waals surface area contributed by atoms with Crippen LogP contribution >= 0.6 is 0 Å². The summed E-state index contributed by atoms with van der Waals surface area (Å²) in [5.74, 6) is 0.112. The molecule has 4 nitrogen and oxygen atoms in total. The van der Waals surface area contributed by atoms with Gasteiger partial charge in [-0.2, -0.15) is 0 Å². The summed E-state index contributed by atoms with van der Waals surface area (Å²) in [7, 11) is 2.03. The van der Waals surface area contributed by atoms with Crippen molar-refractivity contribution < 1.29 is 15.3 Å². The molecule has 0 amide bonds. The molecule has 0 aliphatic heterocycles. The molecule has 0 radical (unpaired) electrons. The fraction of sp³-hybridized carbons (Fsp3) is 0.263. The van der Waals surface area contributed by atoms with E-state index in [9.17, 15) is 15.3 Å². The number of nitrogens with zero attached hydrogens (tertiary/aromatic N) is 1. The van der Waals surface area contributed by atoms with Crippen molar-refractivity contribution in [2.75, 3.05) is 13.6 Å². The molecule has 0 atom stereocenters. The number of rotatable bonds is 6. The van der Waals surface area contributed by atoms with E-state index in [4.69, 9.17) is 0 Å². The first kappa shape index (κ1) is 16.7. The normalized spacial score (nSPS) is 11.5. The van der Waals surface area contributed by atoms with Crippen molar-refractivity contribution in [2.45, 2.75) is 19.8 Å². The van der Waals surface area contributed by atoms with Gasteiger partial charge in [-0.1, -0.05) is 24.3 Å². The molecule has 0 unspecified atom stereocenters. The molecule has 0 aromatic heterocycles. The van der Waals surface area contributed by atoms with E-state index in [1.165, 1.54) is 11.8 Å². The number of hydrogen-bond donors (Lipinski definition) is 3. The second-order valence-corrected chi connectivity index (χ2v) is 5.71. The zero-order valence-electron chi connectivity index (χ0n) is 13.5. The summed E-state index contributed by atoms with van der Waals surface area (Å²) in [6.45, 7) is 2.89. The van der Waals surface area contributed by atoms with Gasteiger partial charge in [-0.25, -0.2) is 0 Å². The highest BCUT2D eigenvalue weighted by Gasteiger charge is 2.04. The standard InChI is InChI=1S/C19H23NO3/c1-14(3-4-15-5-8-17(21)9-6-15)20(2)12-11-16-7-10-18(22)19(23)13-16/h3,5-10,13,21-23H,4,11-12H2,1-2H3/b14-3+. The van der Waals surface area contributed by atoms with Crippen LogP contribution in [0.1, 0.15) is 18.1 Å². The van der Waals surface area contributed by atoms with Gasteiger partial charge in [0.2, 0.25) is 0 Å². The third-order valence-electron chi connectivity index (χ3n) is 3.95. The largest absolute Gasteiger partial charge is 0.508 e. The van der Waals surface area contributed by atoms with Crippen molar-refractivity contribution in [1.29, 1.82) is 0 Å². The molecular weight excluding hydrogens is 290 g/mol. The van der Waals surface area contributed by atoms with Crippen LogP contribution in [-0.4, -0.2) is 33.8 Å². The van der Waals surface area contributed by atoms with E-state index in [0.29, 0.717) is 0 Å². The zero-order chi connectivity index (χ0) is 16.8. The van der Waals surface area contributed by atoms with E-state index in [2.05, 4.69) is 17.9 Å².